The van der Waals surface area contributed by atoms with Gasteiger partial charge in [0.15, 0.2) is 0 Å². The fourth-order valence-electron chi connectivity index (χ4n) is 2.37. The van der Waals surface area contributed by atoms with Crippen molar-refractivity contribution in [3.05, 3.63) is 24.3 Å². The number of rotatable bonds is 1. The van der Waals surface area contributed by atoms with Gasteiger partial charge in [-0.1, -0.05) is 6.92 Å². The fourth-order valence-corrected chi connectivity index (χ4v) is 2.37. The Kier molecular flexibility index (Phi) is 2.07. The van der Waals surface area contributed by atoms with Gasteiger partial charge in [-0.05, 0) is 31.7 Å². The van der Waals surface area contributed by atoms with Crippen LogP contribution < -0.4 is 0 Å². The van der Waals surface area contributed by atoms with Gasteiger partial charge < -0.3 is 5.11 Å². The molecular formula is C11H16N2O. The number of hydrogen-bond donors (Lipinski definition) is 1. The molecule has 0 aliphatic heterocycles. The molecule has 3 nitrogen and oxygen atoms in total. The zero-order valence-corrected chi connectivity index (χ0v) is 8.70. The second kappa shape index (κ2) is 3.02. The van der Waals surface area contributed by atoms with E-state index in [2.05, 4.69) is 16.9 Å². The number of aromatic nitrogens is 2. The van der Waals surface area contributed by atoms with Crippen LogP contribution >= 0.6 is 0 Å². The van der Waals surface area contributed by atoms with Gasteiger partial charge in [-0.25, -0.2) is 9.97 Å². The summed E-state index contributed by atoms with van der Waals surface area (Å²) in [5.74, 6) is 0. The van der Waals surface area contributed by atoms with Crippen LogP contribution in [0.5, 0.6) is 0 Å². The first-order valence-corrected chi connectivity index (χ1v) is 5.04. The smallest absolute Gasteiger partial charge is 0.115 e. The second-order valence-corrected chi connectivity index (χ2v) is 4.59. The standard InChI is InChI=1S/C11H16N2O/c1-10(4-3-5-11(10,2)14)9-6-12-8-13-7-9/h6-8,14H,3-5H2,1-2H3. The summed E-state index contributed by atoms with van der Waals surface area (Å²) >= 11 is 0. The highest BCUT2D eigenvalue weighted by Crippen LogP contribution is 2.47. The largest absolute Gasteiger partial charge is 0.389 e. The molecule has 76 valence electrons. The van der Waals surface area contributed by atoms with Gasteiger partial charge in [0.1, 0.15) is 6.33 Å². The zero-order valence-electron chi connectivity index (χ0n) is 8.70. The summed E-state index contributed by atoms with van der Waals surface area (Å²) in [4.78, 5) is 8.04. The lowest BCUT2D eigenvalue weighted by Gasteiger charge is -2.36. The summed E-state index contributed by atoms with van der Waals surface area (Å²) in [7, 11) is 0. The molecule has 1 aromatic rings. The third-order valence-electron chi connectivity index (χ3n) is 3.73. The van der Waals surface area contributed by atoms with Crippen molar-refractivity contribution in [2.24, 2.45) is 0 Å². The lowest BCUT2D eigenvalue weighted by Crippen LogP contribution is -2.42. The molecule has 2 unspecified atom stereocenters. The maximum atomic E-state index is 10.3. The Morgan fingerprint density at radius 2 is 1.86 bits per heavy atom. The molecule has 1 aliphatic carbocycles. The van der Waals surface area contributed by atoms with Crippen molar-refractivity contribution in [3.8, 4) is 0 Å². The van der Waals surface area contributed by atoms with Crippen molar-refractivity contribution >= 4 is 0 Å². The minimum Gasteiger partial charge on any atom is -0.389 e. The average molecular weight is 192 g/mol. The minimum atomic E-state index is -0.627. The highest BCUT2D eigenvalue weighted by molar-refractivity contribution is 5.25. The summed E-state index contributed by atoms with van der Waals surface area (Å²) < 4.78 is 0. The monoisotopic (exact) mass is 192 g/mol. The van der Waals surface area contributed by atoms with Crippen molar-refractivity contribution in [2.45, 2.75) is 44.1 Å². The van der Waals surface area contributed by atoms with E-state index in [9.17, 15) is 5.11 Å². The summed E-state index contributed by atoms with van der Waals surface area (Å²) in [6, 6.07) is 0. The van der Waals surface area contributed by atoms with E-state index in [0.29, 0.717) is 0 Å². The van der Waals surface area contributed by atoms with Crippen molar-refractivity contribution in [1.29, 1.82) is 0 Å². The Balaban J connectivity index is 2.42. The van der Waals surface area contributed by atoms with E-state index in [1.165, 1.54) is 6.33 Å². The van der Waals surface area contributed by atoms with E-state index in [0.717, 1.165) is 24.8 Å². The van der Waals surface area contributed by atoms with E-state index >= 15 is 0 Å². The predicted octanol–water partition coefficient (Wildman–Crippen LogP) is 1.67. The maximum absolute atomic E-state index is 10.3. The Hall–Kier alpha value is -0.960. The molecule has 0 spiro atoms. The van der Waals surface area contributed by atoms with E-state index in [4.69, 9.17) is 0 Å². The first-order valence-electron chi connectivity index (χ1n) is 5.04. The van der Waals surface area contributed by atoms with Crippen molar-refractivity contribution in [1.82, 2.24) is 9.97 Å². The Morgan fingerprint density at radius 3 is 2.36 bits per heavy atom. The molecule has 1 saturated carbocycles. The van der Waals surface area contributed by atoms with Crippen LogP contribution in [0.4, 0.5) is 0 Å². The fraction of sp³-hybridized carbons (Fsp3) is 0.636. The summed E-state index contributed by atoms with van der Waals surface area (Å²) in [6.07, 6.45) is 8.08. The van der Waals surface area contributed by atoms with Gasteiger partial charge in [0.2, 0.25) is 0 Å². The average Bonchev–Trinajstić information content (AvgIpc) is 2.44. The molecule has 2 rings (SSSR count). The van der Waals surface area contributed by atoms with Gasteiger partial charge in [-0.15, -0.1) is 0 Å². The third kappa shape index (κ3) is 1.23. The Labute approximate surface area is 84.2 Å². The van der Waals surface area contributed by atoms with E-state index in [1.54, 1.807) is 0 Å². The van der Waals surface area contributed by atoms with Gasteiger partial charge in [0.05, 0.1) is 5.60 Å². The summed E-state index contributed by atoms with van der Waals surface area (Å²) in [5, 5.41) is 10.3. The van der Waals surface area contributed by atoms with Crippen LogP contribution in [0.15, 0.2) is 18.7 Å². The highest BCUT2D eigenvalue weighted by atomic mass is 16.3. The van der Waals surface area contributed by atoms with E-state index < -0.39 is 5.60 Å². The van der Waals surface area contributed by atoms with Crippen LogP contribution in [0.1, 0.15) is 38.7 Å². The first-order chi connectivity index (χ1) is 6.56. The van der Waals surface area contributed by atoms with Gasteiger partial charge >= 0.3 is 0 Å². The molecule has 0 amide bonds. The van der Waals surface area contributed by atoms with Gasteiger partial charge in [-0.3, -0.25) is 0 Å². The topological polar surface area (TPSA) is 46.0 Å². The number of hydrogen-bond acceptors (Lipinski definition) is 3. The van der Waals surface area contributed by atoms with Crippen LogP contribution in [-0.4, -0.2) is 20.7 Å². The van der Waals surface area contributed by atoms with Crippen LogP contribution in [0.2, 0.25) is 0 Å². The molecule has 1 N–H and O–H groups in total. The molecule has 1 aromatic heterocycles. The molecule has 1 fully saturated rings. The van der Waals surface area contributed by atoms with Crippen molar-refractivity contribution in [2.75, 3.05) is 0 Å². The maximum Gasteiger partial charge on any atom is 0.115 e. The third-order valence-corrected chi connectivity index (χ3v) is 3.73. The summed E-state index contributed by atoms with van der Waals surface area (Å²) in [5.41, 5.74) is 0.230. The van der Waals surface area contributed by atoms with E-state index in [-0.39, 0.29) is 5.41 Å². The minimum absolute atomic E-state index is 0.186. The van der Waals surface area contributed by atoms with Crippen molar-refractivity contribution < 1.29 is 5.11 Å². The molecule has 0 aromatic carbocycles. The normalized spacial score (nSPS) is 37.4. The predicted molar refractivity (Wildman–Crippen MR) is 53.9 cm³/mol. The van der Waals surface area contributed by atoms with Gasteiger partial charge in [0.25, 0.3) is 0 Å². The lowest BCUT2D eigenvalue weighted by atomic mass is 9.73. The SMILES string of the molecule is CC1(O)CCCC1(C)c1cncnc1. The molecular weight excluding hydrogens is 176 g/mol. The van der Waals surface area contributed by atoms with Crippen LogP contribution in [-0.2, 0) is 5.41 Å². The van der Waals surface area contributed by atoms with Crippen LogP contribution in [0.25, 0.3) is 0 Å². The van der Waals surface area contributed by atoms with Crippen molar-refractivity contribution in [3.63, 3.8) is 0 Å². The number of aliphatic hydroxyl groups is 1. The Morgan fingerprint density at radius 1 is 1.21 bits per heavy atom. The van der Waals surface area contributed by atoms with Gasteiger partial charge in [-0.2, -0.15) is 0 Å². The molecule has 1 heterocycles. The molecule has 1 aliphatic rings. The molecule has 3 heteroatoms. The molecule has 0 saturated heterocycles. The summed E-state index contributed by atoms with van der Waals surface area (Å²) in [6.45, 7) is 4.01. The lowest BCUT2D eigenvalue weighted by molar-refractivity contribution is 0.00661. The van der Waals surface area contributed by atoms with E-state index in [1.807, 2.05) is 19.3 Å². The Bertz CT molecular complexity index is 323. The highest BCUT2D eigenvalue weighted by Gasteiger charge is 2.48. The van der Waals surface area contributed by atoms with Gasteiger partial charge in [0, 0.05) is 17.8 Å². The molecule has 0 radical (unpaired) electrons. The zero-order chi connectivity index (χ0) is 10.2. The van der Waals surface area contributed by atoms with Crippen LogP contribution in [0, 0.1) is 0 Å². The quantitative estimate of drug-likeness (QED) is 0.736. The number of nitrogens with zero attached hydrogens (tertiary/aromatic N) is 2. The second-order valence-electron chi connectivity index (χ2n) is 4.59. The molecule has 2 atom stereocenters. The first kappa shape index (κ1) is 9.59. The van der Waals surface area contributed by atoms with Crippen LogP contribution in [0.3, 0.4) is 0 Å². The molecule has 14 heavy (non-hydrogen) atoms. The molecule has 0 bridgehead atoms.